The van der Waals surface area contributed by atoms with Gasteiger partial charge in [-0.25, -0.2) is 9.88 Å². The number of thiazole rings is 1. The lowest BCUT2D eigenvalue weighted by molar-refractivity contribution is -0.121. The Balaban J connectivity index is 1.55. The summed E-state index contributed by atoms with van der Waals surface area (Å²) in [5, 5.41) is -0.404. The zero-order valence-electron chi connectivity index (χ0n) is 13.6. The van der Waals surface area contributed by atoms with Crippen LogP contribution < -0.4 is 4.90 Å². The summed E-state index contributed by atoms with van der Waals surface area (Å²) in [6.07, 6.45) is 1.15. The third-order valence-corrected chi connectivity index (χ3v) is 6.54. The molecule has 2 amide bonds. The van der Waals surface area contributed by atoms with Crippen molar-refractivity contribution in [1.29, 1.82) is 0 Å². The summed E-state index contributed by atoms with van der Waals surface area (Å²) in [6, 6.07) is 15.5. The third-order valence-electron chi connectivity index (χ3n) is 4.23. The van der Waals surface area contributed by atoms with E-state index in [1.807, 2.05) is 48.5 Å². The van der Waals surface area contributed by atoms with E-state index < -0.39 is 5.25 Å². The van der Waals surface area contributed by atoms with Crippen molar-refractivity contribution < 1.29 is 9.59 Å². The molecule has 2 aromatic carbocycles. The van der Waals surface area contributed by atoms with Crippen LogP contribution in [0.5, 0.6) is 0 Å². The van der Waals surface area contributed by atoms with Gasteiger partial charge in [0.2, 0.25) is 11.8 Å². The maximum absolute atomic E-state index is 12.8. The number of aromatic nitrogens is 1. The van der Waals surface area contributed by atoms with Crippen LogP contribution in [0.25, 0.3) is 10.2 Å². The highest BCUT2D eigenvalue weighted by Crippen LogP contribution is 2.37. The van der Waals surface area contributed by atoms with Crippen LogP contribution in [0.1, 0.15) is 18.9 Å². The van der Waals surface area contributed by atoms with E-state index in [1.54, 1.807) is 11.3 Å². The summed E-state index contributed by atoms with van der Waals surface area (Å²) < 4.78 is 1.92. The number of hydrogen-bond acceptors (Lipinski definition) is 5. The predicted octanol–water partition coefficient (Wildman–Crippen LogP) is 4.28. The van der Waals surface area contributed by atoms with Gasteiger partial charge in [-0.3, -0.25) is 9.59 Å². The van der Waals surface area contributed by atoms with Crippen LogP contribution in [-0.4, -0.2) is 22.0 Å². The number of fused-ring (bicyclic) bond motifs is 1. The Bertz CT molecular complexity index is 916. The molecule has 25 heavy (non-hydrogen) atoms. The number of para-hydroxylation sites is 1. The fourth-order valence-corrected chi connectivity index (χ4v) is 5.21. The average Bonchev–Trinajstić information content (AvgIpc) is 3.15. The number of hydrogen-bond donors (Lipinski definition) is 0. The van der Waals surface area contributed by atoms with E-state index in [2.05, 4.69) is 11.9 Å². The van der Waals surface area contributed by atoms with Crippen molar-refractivity contribution >= 4 is 50.8 Å². The van der Waals surface area contributed by atoms with Crippen LogP contribution in [0.3, 0.4) is 0 Å². The molecule has 0 radical (unpaired) electrons. The van der Waals surface area contributed by atoms with Crippen LogP contribution in [0.2, 0.25) is 0 Å². The summed E-state index contributed by atoms with van der Waals surface area (Å²) in [5.41, 5.74) is 2.77. The van der Waals surface area contributed by atoms with Crippen molar-refractivity contribution in [2.24, 2.45) is 0 Å². The zero-order chi connectivity index (χ0) is 17.4. The van der Waals surface area contributed by atoms with Gasteiger partial charge in [-0.15, -0.1) is 11.3 Å². The molecule has 4 rings (SSSR count). The molecular weight excluding hydrogens is 352 g/mol. The van der Waals surface area contributed by atoms with Crippen LogP contribution in [0.4, 0.5) is 5.69 Å². The highest BCUT2D eigenvalue weighted by molar-refractivity contribution is 8.02. The van der Waals surface area contributed by atoms with Crippen LogP contribution in [-0.2, 0) is 16.0 Å². The molecule has 1 aliphatic rings. The molecule has 0 saturated carbocycles. The molecule has 6 heteroatoms. The van der Waals surface area contributed by atoms with Gasteiger partial charge in [0.15, 0.2) is 4.34 Å². The highest BCUT2D eigenvalue weighted by Gasteiger charge is 2.40. The normalized spacial score (nSPS) is 17.6. The number of nitrogens with zero attached hydrogens (tertiary/aromatic N) is 2. The number of carbonyl (C=O) groups excluding carboxylic acids is 2. The molecular formula is C19H16N2O2S2. The number of carbonyl (C=O) groups is 2. The smallest absolute Gasteiger partial charge is 0.247 e. The summed E-state index contributed by atoms with van der Waals surface area (Å²) in [4.78, 5) is 31.0. The van der Waals surface area contributed by atoms with Gasteiger partial charge in [-0.05, 0) is 36.2 Å². The number of amides is 2. The van der Waals surface area contributed by atoms with Gasteiger partial charge in [-0.2, -0.15) is 0 Å². The fourth-order valence-electron chi connectivity index (χ4n) is 2.87. The molecule has 4 nitrogen and oxygen atoms in total. The SMILES string of the molecule is CCc1ccc(N2C(=O)C[C@H](Sc3nc4ccccc4s3)C2=O)cc1. The van der Waals surface area contributed by atoms with E-state index in [-0.39, 0.29) is 18.2 Å². The largest absolute Gasteiger partial charge is 0.274 e. The predicted molar refractivity (Wildman–Crippen MR) is 102 cm³/mol. The molecule has 1 aromatic heterocycles. The number of thioether (sulfide) groups is 1. The van der Waals surface area contributed by atoms with E-state index in [4.69, 9.17) is 0 Å². The minimum atomic E-state index is -0.404. The zero-order valence-corrected chi connectivity index (χ0v) is 15.3. The molecule has 0 aliphatic carbocycles. The summed E-state index contributed by atoms with van der Waals surface area (Å²) in [7, 11) is 0. The number of benzene rings is 2. The van der Waals surface area contributed by atoms with Gasteiger partial charge in [0, 0.05) is 6.42 Å². The number of imide groups is 1. The van der Waals surface area contributed by atoms with Crippen molar-refractivity contribution in [1.82, 2.24) is 4.98 Å². The lowest BCUT2D eigenvalue weighted by atomic mass is 10.1. The first-order valence-electron chi connectivity index (χ1n) is 8.13. The minimum Gasteiger partial charge on any atom is -0.274 e. The molecule has 3 aromatic rings. The summed E-state index contributed by atoms with van der Waals surface area (Å²) in [6.45, 7) is 2.08. The third kappa shape index (κ3) is 3.07. The standard InChI is InChI=1S/C19H16N2O2S2/c1-2-12-7-9-13(10-8-12)21-17(22)11-16(18(21)23)25-19-20-14-5-3-4-6-15(14)24-19/h3-10,16H,2,11H2,1H3/t16-/m0/s1. The monoisotopic (exact) mass is 368 g/mol. The Morgan fingerprint density at radius 3 is 2.64 bits per heavy atom. The molecule has 0 N–H and O–H groups in total. The maximum atomic E-state index is 12.8. The second kappa shape index (κ2) is 6.61. The Morgan fingerprint density at radius 2 is 1.92 bits per heavy atom. The Kier molecular flexibility index (Phi) is 4.31. The van der Waals surface area contributed by atoms with Crippen molar-refractivity contribution in [3.8, 4) is 0 Å². The van der Waals surface area contributed by atoms with Gasteiger partial charge in [0.25, 0.3) is 0 Å². The quantitative estimate of drug-likeness (QED) is 0.645. The number of anilines is 1. The number of rotatable bonds is 4. The maximum Gasteiger partial charge on any atom is 0.247 e. The van der Waals surface area contributed by atoms with Gasteiger partial charge < -0.3 is 0 Å². The Labute approximate surface area is 153 Å². The molecule has 2 heterocycles. The van der Waals surface area contributed by atoms with E-state index >= 15 is 0 Å². The van der Waals surface area contributed by atoms with E-state index in [0.29, 0.717) is 5.69 Å². The fraction of sp³-hybridized carbons (Fsp3) is 0.211. The molecule has 126 valence electrons. The van der Waals surface area contributed by atoms with Crippen molar-refractivity contribution in [2.45, 2.75) is 29.4 Å². The molecule has 1 saturated heterocycles. The van der Waals surface area contributed by atoms with E-state index in [1.165, 1.54) is 22.2 Å². The molecule has 0 spiro atoms. The topological polar surface area (TPSA) is 50.3 Å². The van der Waals surface area contributed by atoms with Gasteiger partial charge >= 0.3 is 0 Å². The number of aryl methyl sites for hydroxylation is 1. The Morgan fingerprint density at radius 1 is 1.16 bits per heavy atom. The second-order valence-electron chi connectivity index (χ2n) is 5.85. The lowest BCUT2D eigenvalue weighted by Gasteiger charge is -2.15. The van der Waals surface area contributed by atoms with E-state index in [0.717, 1.165) is 21.0 Å². The first-order chi connectivity index (χ1) is 12.2. The van der Waals surface area contributed by atoms with Crippen LogP contribution in [0.15, 0.2) is 52.9 Å². The molecule has 1 aliphatic heterocycles. The van der Waals surface area contributed by atoms with Crippen LogP contribution in [0, 0.1) is 0 Å². The minimum absolute atomic E-state index is 0.146. The van der Waals surface area contributed by atoms with E-state index in [9.17, 15) is 9.59 Å². The average molecular weight is 368 g/mol. The van der Waals surface area contributed by atoms with Gasteiger partial charge in [0.05, 0.1) is 15.9 Å². The lowest BCUT2D eigenvalue weighted by Crippen LogP contribution is -2.31. The molecule has 0 bridgehead atoms. The summed E-state index contributed by atoms with van der Waals surface area (Å²) >= 11 is 2.95. The van der Waals surface area contributed by atoms with Gasteiger partial charge in [-0.1, -0.05) is 43.0 Å². The summed E-state index contributed by atoms with van der Waals surface area (Å²) in [5.74, 6) is -0.300. The Hall–Kier alpha value is -2.18. The highest BCUT2D eigenvalue weighted by atomic mass is 32.2. The molecule has 1 atom stereocenters. The molecule has 1 fully saturated rings. The second-order valence-corrected chi connectivity index (χ2v) is 8.33. The van der Waals surface area contributed by atoms with Crippen LogP contribution >= 0.6 is 23.1 Å². The van der Waals surface area contributed by atoms with Crippen molar-refractivity contribution in [2.75, 3.05) is 4.90 Å². The molecule has 0 unspecified atom stereocenters. The van der Waals surface area contributed by atoms with Gasteiger partial charge in [0.1, 0.15) is 5.25 Å². The first kappa shape index (κ1) is 16.3. The van der Waals surface area contributed by atoms with Crippen molar-refractivity contribution in [3.63, 3.8) is 0 Å². The van der Waals surface area contributed by atoms with Crippen molar-refractivity contribution in [3.05, 3.63) is 54.1 Å². The first-order valence-corrected chi connectivity index (χ1v) is 9.83.